The molecule has 2 aromatic rings. The number of nitrogens with two attached hydrogens (primary N) is 1. The largest absolute Gasteiger partial charge is 0.366 e. The molecule has 6 heteroatoms. The lowest BCUT2D eigenvalue weighted by Crippen LogP contribution is -2.16. The SMILES string of the molecule is Cc1nnc(SCc2ccccc2Cl)c(C(N)=O)c1C. The molecule has 0 spiro atoms. The number of halogens is 1. The maximum absolute atomic E-state index is 11.6. The molecule has 20 heavy (non-hydrogen) atoms. The molecule has 0 aliphatic carbocycles. The van der Waals surface area contributed by atoms with Crippen LogP contribution in [0.15, 0.2) is 29.3 Å². The Morgan fingerprint density at radius 3 is 2.65 bits per heavy atom. The summed E-state index contributed by atoms with van der Waals surface area (Å²) in [6, 6.07) is 7.57. The maximum Gasteiger partial charge on any atom is 0.251 e. The zero-order valence-electron chi connectivity index (χ0n) is 11.2. The number of hydrogen-bond donors (Lipinski definition) is 1. The lowest BCUT2D eigenvalue weighted by molar-refractivity contribution is 0.0995. The van der Waals surface area contributed by atoms with Crippen LogP contribution in [0.4, 0.5) is 0 Å². The van der Waals surface area contributed by atoms with Gasteiger partial charge in [-0.15, -0.1) is 5.10 Å². The number of hydrogen-bond acceptors (Lipinski definition) is 4. The van der Waals surface area contributed by atoms with Crippen molar-refractivity contribution < 1.29 is 4.79 Å². The highest BCUT2D eigenvalue weighted by Crippen LogP contribution is 2.28. The van der Waals surface area contributed by atoms with Gasteiger partial charge in [0.2, 0.25) is 0 Å². The van der Waals surface area contributed by atoms with E-state index in [9.17, 15) is 4.79 Å². The number of aryl methyl sites for hydroxylation is 1. The van der Waals surface area contributed by atoms with Gasteiger partial charge in [0.05, 0.1) is 11.3 Å². The molecule has 2 rings (SSSR count). The van der Waals surface area contributed by atoms with E-state index >= 15 is 0 Å². The topological polar surface area (TPSA) is 68.9 Å². The van der Waals surface area contributed by atoms with Gasteiger partial charge in [-0.1, -0.05) is 41.6 Å². The summed E-state index contributed by atoms with van der Waals surface area (Å²) in [4.78, 5) is 11.6. The number of thioether (sulfide) groups is 1. The van der Waals surface area contributed by atoms with Crippen LogP contribution < -0.4 is 5.73 Å². The molecule has 0 aliphatic heterocycles. The minimum absolute atomic E-state index is 0.439. The number of rotatable bonds is 4. The van der Waals surface area contributed by atoms with E-state index in [1.807, 2.05) is 31.2 Å². The van der Waals surface area contributed by atoms with Crippen molar-refractivity contribution in [1.82, 2.24) is 10.2 Å². The van der Waals surface area contributed by atoms with Gasteiger partial charge in [-0.2, -0.15) is 5.10 Å². The third-order valence-electron chi connectivity index (χ3n) is 2.99. The summed E-state index contributed by atoms with van der Waals surface area (Å²) in [6.07, 6.45) is 0. The average Bonchev–Trinajstić information content (AvgIpc) is 2.41. The normalized spacial score (nSPS) is 10.6. The maximum atomic E-state index is 11.6. The molecule has 0 unspecified atom stereocenters. The Balaban J connectivity index is 2.29. The zero-order valence-corrected chi connectivity index (χ0v) is 12.8. The first kappa shape index (κ1) is 14.8. The first-order valence-corrected chi connectivity index (χ1v) is 7.37. The number of amides is 1. The van der Waals surface area contributed by atoms with Crippen LogP contribution in [0, 0.1) is 13.8 Å². The molecule has 1 amide bonds. The molecule has 4 nitrogen and oxygen atoms in total. The van der Waals surface area contributed by atoms with Crippen molar-refractivity contribution in [1.29, 1.82) is 0 Å². The van der Waals surface area contributed by atoms with Crippen molar-refractivity contribution in [2.75, 3.05) is 0 Å². The third-order valence-corrected chi connectivity index (χ3v) is 4.37. The van der Waals surface area contributed by atoms with Gasteiger partial charge in [0.25, 0.3) is 5.91 Å². The summed E-state index contributed by atoms with van der Waals surface area (Å²) in [5.41, 5.74) is 8.34. The fraction of sp³-hybridized carbons (Fsp3) is 0.214. The Morgan fingerprint density at radius 1 is 1.30 bits per heavy atom. The van der Waals surface area contributed by atoms with E-state index in [0.717, 1.165) is 11.1 Å². The summed E-state index contributed by atoms with van der Waals surface area (Å²) in [5, 5.41) is 9.35. The molecule has 0 saturated heterocycles. The number of carbonyl (C=O) groups excluding carboxylic acids is 1. The summed E-state index contributed by atoms with van der Waals surface area (Å²) in [7, 11) is 0. The molecule has 0 atom stereocenters. The molecule has 1 aromatic carbocycles. The Labute approximate surface area is 126 Å². The molecular weight excluding hydrogens is 294 g/mol. The van der Waals surface area contributed by atoms with E-state index in [0.29, 0.717) is 27.1 Å². The van der Waals surface area contributed by atoms with E-state index in [2.05, 4.69) is 10.2 Å². The highest BCUT2D eigenvalue weighted by molar-refractivity contribution is 7.98. The second-order valence-electron chi connectivity index (χ2n) is 4.33. The first-order valence-electron chi connectivity index (χ1n) is 6.00. The van der Waals surface area contributed by atoms with Gasteiger partial charge in [-0.05, 0) is 31.0 Å². The van der Waals surface area contributed by atoms with E-state index in [-0.39, 0.29) is 0 Å². The van der Waals surface area contributed by atoms with Crippen LogP contribution in [0.3, 0.4) is 0 Å². The second-order valence-corrected chi connectivity index (χ2v) is 5.71. The van der Waals surface area contributed by atoms with Crippen molar-refractivity contribution in [2.45, 2.75) is 24.6 Å². The van der Waals surface area contributed by atoms with Crippen LogP contribution in [-0.2, 0) is 5.75 Å². The van der Waals surface area contributed by atoms with Crippen molar-refractivity contribution in [2.24, 2.45) is 5.73 Å². The van der Waals surface area contributed by atoms with Crippen molar-refractivity contribution in [3.8, 4) is 0 Å². The van der Waals surface area contributed by atoms with Gasteiger partial charge in [-0.3, -0.25) is 4.79 Å². The van der Waals surface area contributed by atoms with E-state index in [4.69, 9.17) is 17.3 Å². The highest BCUT2D eigenvalue weighted by atomic mass is 35.5. The Morgan fingerprint density at radius 2 is 2.00 bits per heavy atom. The van der Waals surface area contributed by atoms with Crippen LogP contribution in [0.25, 0.3) is 0 Å². The van der Waals surface area contributed by atoms with Gasteiger partial charge in [0.15, 0.2) is 0 Å². The van der Waals surface area contributed by atoms with Crippen LogP contribution in [0.5, 0.6) is 0 Å². The number of nitrogens with zero attached hydrogens (tertiary/aromatic N) is 2. The highest BCUT2D eigenvalue weighted by Gasteiger charge is 2.16. The lowest BCUT2D eigenvalue weighted by Gasteiger charge is -2.10. The standard InChI is InChI=1S/C14H14ClN3OS/c1-8-9(2)17-18-14(12(8)13(16)19)20-7-10-5-3-4-6-11(10)15/h3-6H,7H2,1-2H3,(H2,16,19). The Bertz CT molecular complexity index is 661. The second kappa shape index (κ2) is 6.24. The van der Waals surface area contributed by atoms with Gasteiger partial charge in [-0.25, -0.2) is 0 Å². The van der Waals surface area contributed by atoms with Crippen molar-refractivity contribution in [3.63, 3.8) is 0 Å². The minimum Gasteiger partial charge on any atom is -0.366 e. The Kier molecular flexibility index (Phi) is 4.62. The Hall–Kier alpha value is -1.59. The summed E-state index contributed by atoms with van der Waals surface area (Å²) in [6.45, 7) is 3.63. The molecule has 1 aromatic heterocycles. The molecule has 2 N–H and O–H groups in total. The van der Waals surface area contributed by atoms with Gasteiger partial charge in [0, 0.05) is 10.8 Å². The minimum atomic E-state index is -0.484. The smallest absolute Gasteiger partial charge is 0.251 e. The van der Waals surface area contributed by atoms with Gasteiger partial charge >= 0.3 is 0 Å². The monoisotopic (exact) mass is 307 g/mol. The number of primary amides is 1. The molecule has 1 heterocycles. The van der Waals surface area contributed by atoms with Crippen molar-refractivity contribution >= 4 is 29.3 Å². The zero-order chi connectivity index (χ0) is 14.7. The average molecular weight is 308 g/mol. The lowest BCUT2D eigenvalue weighted by atomic mass is 10.1. The third kappa shape index (κ3) is 3.11. The summed E-state index contributed by atoms with van der Waals surface area (Å²) < 4.78 is 0. The fourth-order valence-electron chi connectivity index (χ4n) is 1.74. The van der Waals surface area contributed by atoms with Crippen LogP contribution >= 0.6 is 23.4 Å². The number of carbonyl (C=O) groups is 1. The van der Waals surface area contributed by atoms with Crippen LogP contribution in [-0.4, -0.2) is 16.1 Å². The summed E-state index contributed by atoms with van der Waals surface area (Å²) >= 11 is 7.51. The predicted molar refractivity (Wildman–Crippen MR) is 81.0 cm³/mol. The van der Waals surface area contributed by atoms with Crippen LogP contribution in [0.2, 0.25) is 5.02 Å². The summed E-state index contributed by atoms with van der Waals surface area (Å²) in [5.74, 6) is 0.124. The van der Waals surface area contributed by atoms with Crippen LogP contribution in [0.1, 0.15) is 27.2 Å². The molecule has 104 valence electrons. The molecule has 0 radical (unpaired) electrons. The number of benzene rings is 1. The predicted octanol–water partition coefficient (Wildman–Crippen LogP) is 3.14. The molecule has 0 saturated carbocycles. The number of aromatic nitrogens is 2. The quantitative estimate of drug-likeness (QED) is 0.881. The van der Waals surface area contributed by atoms with E-state index < -0.39 is 5.91 Å². The molecular formula is C14H14ClN3OS. The molecule has 0 fully saturated rings. The molecule has 0 bridgehead atoms. The van der Waals surface area contributed by atoms with E-state index in [1.165, 1.54) is 11.8 Å². The molecule has 0 aliphatic rings. The first-order chi connectivity index (χ1) is 9.50. The van der Waals surface area contributed by atoms with Gasteiger partial charge < -0.3 is 5.73 Å². The van der Waals surface area contributed by atoms with E-state index in [1.54, 1.807) is 6.92 Å². The fourth-order valence-corrected chi connectivity index (χ4v) is 3.06. The van der Waals surface area contributed by atoms with Crippen molar-refractivity contribution in [3.05, 3.63) is 51.7 Å². The van der Waals surface area contributed by atoms with Gasteiger partial charge in [0.1, 0.15) is 5.03 Å².